The summed E-state index contributed by atoms with van der Waals surface area (Å²) in [5.74, 6) is 0.497. The van der Waals surface area contributed by atoms with Crippen molar-refractivity contribution in [3.05, 3.63) is 286 Å². The van der Waals surface area contributed by atoms with E-state index in [1.54, 1.807) is 0 Å². The number of aliphatic hydroxyl groups is 2. The van der Waals surface area contributed by atoms with Crippen molar-refractivity contribution in [3.63, 3.8) is 0 Å². The van der Waals surface area contributed by atoms with Crippen LogP contribution in [0.2, 0.25) is 0 Å². The summed E-state index contributed by atoms with van der Waals surface area (Å²) in [4.78, 5) is 2.63. The summed E-state index contributed by atoms with van der Waals surface area (Å²) < 4.78 is 0. The first-order valence-corrected chi connectivity index (χ1v) is 25.7. The molecule has 8 aromatic rings. The van der Waals surface area contributed by atoms with Crippen LogP contribution in [0.3, 0.4) is 0 Å². The molecule has 0 saturated carbocycles. The zero-order valence-electron chi connectivity index (χ0n) is 41.5. The van der Waals surface area contributed by atoms with Crippen LogP contribution in [-0.4, -0.2) is 28.3 Å². The normalized spacial score (nSPS) is 13.4. The maximum Gasteiger partial charge on any atom is 0.0607 e. The fraction of sp³-hybridized carbons (Fsp3) is 0.284. The van der Waals surface area contributed by atoms with E-state index in [-0.39, 0.29) is 31.1 Å². The summed E-state index contributed by atoms with van der Waals surface area (Å²) in [5.41, 5.74) is 11.7. The molecule has 3 heteroatoms. The van der Waals surface area contributed by atoms with Gasteiger partial charge in [-0.05, 0) is 119 Å². The van der Waals surface area contributed by atoms with Gasteiger partial charge in [-0.1, -0.05) is 244 Å². The highest BCUT2D eigenvalue weighted by atomic mass is 16.3. The van der Waals surface area contributed by atoms with Crippen LogP contribution in [0.4, 0.5) is 0 Å². The van der Waals surface area contributed by atoms with Gasteiger partial charge in [-0.25, -0.2) is 0 Å². The molecule has 358 valence electrons. The van der Waals surface area contributed by atoms with Crippen LogP contribution < -0.4 is 0 Å². The molecule has 0 aliphatic heterocycles. The summed E-state index contributed by atoms with van der Waals surface area (Å²) >= 11 is 0. The Labute approximate surface area is 419 Å². The summed E-state index contributed by atoms with van der Waals surface area (Å²) in [6.45, 7) is 6.11. The van der Waals surface area contributed by atoms with Crippen molar-refractivity contribution in [3.8, 4) is 0 Å². The second kappa shape index (κ2) is 25.0. The Morgan fingerprint density at radius 2 is 0.614 bits per heavy atom. The molecule has 2 N–H and O–H groups in total. The highest BCUT2D eigenvalue weighted by molar-refractivity contribution is 5.37. The van der Waals surface area contributed by atoms with E-state index in [0.717, 1.165) is 51.4 Å². The van der Waals surface area contributed by atoms with Gasteiger partial charge in [-0.15, -0.1) is 0 Å². The van der Waals surface area contributed by atoms with E-state index in [1.165, 1.54) is 55.6 Å². The molecule has 0 heterocycles. The van der Waals surface area contributed by atoms with E-state index in [2.05, 4.69) is 249 Å². The first-order chi connectivity index (χ1) is 34.3. The van der Waals surface area contributed by atoms with Crippen LogP contribution in [0, 0.1) is 11.8 Å². The van der Waals surface area contributed by atoms with Crippen LogP contribution in [0.25, 0.3) is 0 Å². The molecule has 2 unspecified atom stereocenters. The van der Waals surface area contributed by atoms with Gasteiger partial charge in [0.25, 0.3) is 0 Å². The monoisotopic (exact) mass is 924 g/mol. The molecule has 0 amide bonds. The van der Waals surface area contributed by atoms with Crippen LogP contribution in [0.1, 0.15) is 101 Å². The lowest BCUT2D eigenvalue weighted by atomic mass is 9.68. The Hall–Kier alpha value is -6.36. The highest BCUT2D eigenvalue weighted by Gasteiger charge is 2.37. The number of rotatable bonds is 25. The lowest BCUT2D eigenvalue weighted by Crippen LogP contribution is -2.37. The van der Waals surface area contributed by atoms with Gasteiger partial charge in [0.15, 0.2) is 0 Å². The van der Waals surface area contributed by atoms with Gasteiger partial charge in [0.1, 0.15) is 0 Å². The number of hydrogen-bond donors (Lipinski definition) is 2. The summed E-state index contributed by atoms with van der Waals surface area (Å²) in [6.07, 6.45) is 7.80. The first-order valence-electron chi connectivity index (χ1n) is 25.7. The fourth-order valence-corrected chi connectivity index (χ4v) is 11.1. The Kier molecular flexibility index (Phi) is 17.8. The van der Waals surface area contributed by atoms with Gasteiger partial charge >= 0.3 is 0 Å². The molecule has 0 fully saturated rings. The second-order valence-electron chi connectivity index (χ2n) is 20.2. The highest BCUT2D eigenvalue weighted by Crippen LogP contribution is 2.41. The van der Waals surface area contributed by atoms with E-state index in [9.17, 15) is 10.2 Å². The van der Waals surface area contributed by atoms with Gasteiger partial charge in [0, 0.05) is 23.9 Å². The zero-order chi connectivity index (χ0) is 48.4. The molecule has 8 rings (SSSR count). The molecular formula is C67H73NO2. The largest absolute Gasteiger partial charge is 0.395 e. The van der Waals surface area contributed by atoms with Crippen molar-refractivity contribution >= 4 is 0 Å². The van der Waals surface area contributed by atoms with Gasteiger partial charge in [-0.2, -0.15) is 0 Å². The van der Waals surface area contributed by atoms with E-state index < -0.39 is 10.8 Å². The molecule has 0 aliphatic carbocycles. The van der Waals surface area contributed by atoms with E-state index >= 15 is 0 Å². The van der Waals surface area contributed by atoms with Gasteiger partial charge < -0.3 is 10.2 Å². The molecule has 0 saturated heterocycles. The van der Waals surface area contributed by atoms with E-state index in [0.29, 0.717) is 13.1 Å². The lowest BCUT2D eigenvalue weighted by Gasteiger charge is -2.39. The molecule has 0 aliphatic rings. The van der Waals surface area contributed by atoms with Crippen LogP contribution in [0.5, 0.6) is 0 Å². The summed E-state index contributed by atoms with van der Waals surface area (Å²) in [5, 5.41) is 23.1. The molecular weight excluding hydrogens is 851 g/mol. The number of aryl methyl sites for hydroxylation is 4. The summed E-state index contributed by atoms with van der Waals surface area (Å²) in [6, 6.07) is 83.3. The van der Waals surface area contributed by atoms with Crippen molar-refractivity contribution in [2.45, 2.75) is 95.2 Å². The Morgan fingerprint density at radius 3 is 0.900 bits per heavy atom. The summed E-state index contributed by atoms with van der Waals surface area (Å²) in [7, 11) is 0. The predicted octanol–water partition coefficient (Wildman–Crippen LogP) is 14.7. The molecule has 0 bridgehead atoms. The van der Waals surface area contributed by atoms with Gasteiger partial charge in [0.05, 0.1) is 19.3 Å². The van der Waals surface area contributed by atoms with Crippen molar-refractivity contribution in [2.24, 2.45) is 11.8 Å². The molecule has 8 aromatic carbocycles. The standard InChI is InChI=1S/C67H73NO2/c1-66(51-69,61(43-39-53-23-9-3-10-24-53)44-40-54-25-11-4-12-26-54)63-37-21-31-57(47-63)49-68(65(59-33-17-7-18-34-59)60-35-19-8-20-36-60)50-58-32-22-38-64(48-58)67(2,52-70)62(45-41-55-27-13-5-14-28-55)46-42-56-29-15-6-16-30-56/h3-38,47-48,61-62,65,69-70H,39-46,49-52H2,1-2H3. The minimum atomic E-state index is -0.455. The maximum atomic E-state index is 11.6. The van der Waals surface area contributed by atoms with Crippen molar-refractivity contribution in [2.75, 3.05) is 13.2 Å². The molecule has 70 heavy (non-hydrogen) atoms. The second-order valence-corrected chi connectivity index (χ2v) is 20.2. The lowest BCUT2D eigenvalue weighted by molar-refractivity contribution is 0.137. The average Bonchev–Trinajstić information content (AvgIpc) is 3.42. The minimum absolute atomic E-state index is 0.0304. The number of benzene rings is 8. The SMILES string of the molecule is CC(CO)(c1cccc(CN(Cc2cccc(C(C)(CO)C(CCc3ccccc3)CCc3ccccc3)c2)C(c2ccccc2)c2ccccc2)c1)C(CCc1ccccc1)CCc1ccccc1. The predicted molar refractivity (Wildman–Crippen MR) is 292 cm³/mol. The Morgan fingerprint density at radius 1 is 0.343 bits per heavy atom. The molecule has 3 nitrogen and oxygen atoms in total. The fourth-order valence-electron chi connectivity index (χ4n) is 11.1. The Balaban J connectivity index is 1.14. The number of hydrogen-bond acceptors (Lipinski definition) is 3. The number of aliphatic hydroxyl groups excluding tert-OH is 2. The first kappa shape index (κ1) is 50.0. The molecule has 2 atom stereocenters. The number of nitrogens with zero attached hydrogens (tertiary/aromatic N) is 1. The third kappa shape index (κ3) is 13.1. The van der Waals surface area contributed by atoms with Gasteiger partial charge in [0.2, 0.25) is 0 Å². The van der Waals surface area contributed by atoms with Gasteiger partial charge in [-0.3, -0.25) is 4.90 Å². The van der Waals surface area contributed by atoms with E-state index in [1.807, 2.05) is 0 Å². The van der Waals surface area contributed by atoms with Crippen molar-refractivity contribution in [1.82, 2.24) is 4.90 Å². The third-order valence-corrected chi connectivity index (χ3v) is 15.5. The average molecular weight is 924 g/mol. The van der Waals surface area contributed by atoms with E-state index in [4.69, 9.17) is 0 Å². The van der Waals surface area contributed by atoms with Crippen LogP contribution in [-0.2, 0) is 49.6 Å². The topological polar surface area (TPSA) is 43.7 Å². The minimum Gasteiger partial charge on any atom is -0.395 e. The third-order valence-electron chi connectivity index (χ3n) is 15.5. The quantitative estimate of drug-likeness (QED) is 0.0600. The van der Waals surface area contributed by atoms with Crippen LogP contribution >= 0.6 is 0 Å². The molecule has 0 aromatic heterocycles. The Bertz CT molecular complexity index is 2450. The molecule has 0 radical (unpaired) electrons. The van der Waals surface area contributed by atoms with Crippen molar-refractivity contribution in [1.29, 1.82) is 0 Å². The maximum absolute atomic E-state index is 11.6. The zero-order valence-corrected chi connectivity index (χ0v) is 41.5. The van der Waals surface area contributed by atoms with Crippen molar-refractivity contribution < 1.29 is 10.2 Å². The van der Waals surface area contributed by atoms with Crippen LogP contribution in [0.15, 0.2) is 231 Å². The molecule has 0 spiro atoms. The smallest absolute Gasteiger partial charge is 0.0607 e.